The van der Waals surface area contributed by atoms with E-state index in [0.717, 1.165) is 24.2 Å². The molecular formula is C19H28N2O4S. The summed E-state index contributed by atoms with van der Waals surface area (Å²) in [7, 11) is 3.32. The Kier molecular flexibility index (Phi) is 7.20. The quantitative estimate of drug-likeness (QED) is 0.761. The number of thiophene rings is 1. The molecule has 1 heterocycles. The number of nitrogens with one attached hydrogen (secondary N) is 1. The number of esters is 1. The summed E-state index contributed by atoms with van der Waals surface area (Å²) in [6.45, 7) is 3.68. The molecule has 0 unspecified atom stereocenters. The number of anilines is 1. The summed E-state index contributed by atoms with van der Waals surface area (Å²) in [5.41, 5.74) is 0.846. The predicted molar refractivity (Wildman–Crippen MR) is 103 cm³/mol. The molecule has 1 aliphatic rings. The minimum atomic E-state index is -0.507. The van der Waals surface area contributed by atoms with Gasteiger partial charge >= 0.3 is 5.97 Å². The van der Waals surface area contributed by atoms with E-state index in [1.807, 2.05) is 0 Å². The second-order valence-corrected chi connectivity index (χ2v) is 7.96. The first-order valence-corrected chi connectivity index (χ1v) is 9.98. The first-order valence-electron chi connectivity index (χ1n) is 9.17. The molecule has 1 aromatic rings. The molecule has 2 rings (SSSR count). The van der Waals surface area contributed by atoms with Crippen molar-refractivity contribution < 1.29 is 19.1 Å². The topological polar surface area (TPSA) is 75.7 Å². The molecule has 0 atom stereocenters. The molecule has 0 spiro atoms. The fraction of sp³-hybridized carbons (Fsp3) is 0.632. The van der Waals surface area contributed by atoms with Gasteiger partial charge in [-0.3, -0.25) is 9.59 Å². The highest BCUT2D eigenvalue weighted by Crippen LogP contribution is 2.35. The zero-order valence-electron chi connectivity index (χ0n) is 16.0. The van der Waals surface area contributed by atoms with Gasteiger partial charge in [-0.2, -0.15) is 0 Å². The predicted octanol–water partition coefficient (Wildman–Crippen LogP) is 3.84. The van der Waals surface area contributed by atoms with Gasteiger partial charge in [0.1, 0.15) is 5.00 Å². The van der Waals surface area contributed by atoms with E-state index in [2.05, 4.69) is 5.32 Å². The maximum Gasteiger partial charge on any atom is 0.341 e. The first kappa shape index (κ1) is 20.4. The standard InChI is InChI=1S/C19H28N2O4S/c1-5-25-19(24)15-12(2)16(18(23)21(3)4)26-17(15)20-14(22)11-13-9-7-6-8-10-13/h13H,5-11H2,1-4H3,(H,20,22). The van der Waals surface area contributed by atoms with Crippen LogP contribution in [-0.2, 0) is 9.53 Å². The Morgan fingerprint density at radius 3 is 2.42 bits per heavy atom. The van der Waals surface area contributed by atoms with Crippen LogP contribution in [-0.4, -0.2) is 43.4 Å². The fourth-order valence-electron chi connectivity index (χ4n) is 3.29. The van der Waals surface area contributed by atoms with Crippen molar-refractivity contribution in [3.05, 3.63) is 16.0 Å². The van der Waals surface area contributed by atoms with E-state index in [1.54, 1.807) is 27.9 Å². The number of carbonyl (C=O) groups is 3. The highest BCUT2D eigenvalue weighted by atomic mass is 32.1. The van der Waals surface area contributed by atoms with Crippen LogP contribution in [0.4, 0.5) is 5.00 Å². The van der Waals surface area contributed by atoms with Gasteiger partial charge in [0, 0.05) is 20.5 Å². The van der Waals surface area contributed by atoms with Gasteiger partial charge in [0.15, 0.2) is 0 Å². The minimum Gasteiger partial charge on any atom is -0.462 e. The number of nitrogens with zero attached hydrogens (tertiary/aromatic N) is 1. The number of rotatable bonds is 6. The molecule has 144 valence electrons. The smallest absolute Gasteiger partial charge is 0.341 e. The lowest BCUT2D eigenvalue weighted by molar-refractivity contribution is -0.117. The highest BCUT2D eigenvalue weighted by Gasteiger charge is 2.28. The van der Waals surface area contributed by atoms with Gasteiger partial charge in [-0.1, -0.05) is 19.3 Å². The Bertz CT molecular complexity index is 675. The SMILES string of the molecule is CCOC(=O)c1c(NC(=O)CC2CCCCC2)sc(C(=O)N(C)C)c1C. The van der Waals surface area contributed by atoms with Gasteiger partial charge in [-0.25, -0.2) is 4.79 Å². The molecule has 0 saturated heterocycles. The molecule has 0 aliphatic heterocycles. The maximum absolute atomic E-state index is 12.5. The van der Waals surface area contributed by atoms with Crippen molar-refractivity contribution in [1.82, 2.24) is 4.90 Å². The van der Waals surface area contributed by atoms with Crippen LogP contribution in [0.2, 0.25) is 0 Å². The zero-order valence-corrected chi connectivity index (χ0v) is 16.8. The Morgan fingerprint density at radius 2 is 1.85 bits per heavy atom. The van der Waals surface area contributed by atoms with Gasteiger partial charge in [0.05, 0.1) is 17.0 Å². The summed E-state index contributed by atoms with van der Waals surface area (Å²) >= 11 is 1.14. The molecule has 1 fully saturated rings. The van der Waals surface area contributed by atoms with Crippen LogP contribution in [0.5, 0.6) is 0 Å². The molecule has 1 N–H and O–H groups in total. The lowest BCUT2D eigenvalue weighted by Gasteiger charge is -2.20. The summed E-state index contributed by atoms with van der Waals surface area (Å²) in [6, 6.07) is 0. The van der Waals surface area contributed by atoms with Crippen LogP contribution in [0.25, 0.3) is 0 Å². The summed E-state index contributed by atoms with van der Waals surface area (Å²) in [5, 5.41) is 3.27. The molecule has 2 amide bonds. The number of ether oxygens (including phenoxy) is 1. The van der Waals surface area contributed by atoms with Crippen LogP contribution in [0.1, 0.15) is 71.0 Å². The molecule has 7 heteroatoms. The number of hydrogen-bond donors (Lipinski definition) is 1. The molecule has 0 bridgehead atoms. The van der Waals surface area contributed by atoms with Gasteiger partial charge < -0.3 is 15.0 Å². The molecule has 0 aromatic carbocycles. The van der Waals surface area contributed by atoms with E-state index in [-0.39, 0.29) is 18.4 Å². The summed E-state index contributed by atoms with van der Waals surface area (Å²) < 4.78 is 5.13. The average Bonchev–Trinajstić information content (AvgIpc) is 2.91. The summed E-state index contributed by atoms with van der Waals surface area (Å²) in [5.74, 6) is -0.399. The van der Waals surface area contributed by atoms with E-state index in [0.29, 0.717) is 33.3 Å². The largest absolute Gasteiger partial charge is 0.462 e. The van der Waals surface area contributed by atoms with Crippen molar-refractivity contribution >= 4 is 34.1 Å². The Labute approximate surface area is 158 Å². The van der Waals surface area contributed by atoms with Crippen molar-refractivity contribution in [1.29, 1.82) is 0 Å². The first-order chi connectivity index (χ1) is 12.3. The molecule has 0 radical (unpaired) electrons. The van der Waals surface area contributed by atoms with Crippen LogP contribution >= 0.6 is 11.3 Å². The molecule has 26 heavy (non-hydrogen) atoms. The maximum atomic E-state index is 12.5. The number of amides is 2. The van der Waals surface area contributed by atoms with Crippen molar-refractivity contribution in [2.75, 3.05) is 26.0 Å². The van der Waals surface area contributed by atoms with Crippen molar-refractivity contribution in [3.63, 3.8) is 0 Å². The van der Waals surface area contributed by atoms with Gasteiger partial charge in [-0.05, 0) is 38.2 Å². The van der Waals surface area contributed by atoms with Crippen LogP contribution in [0.15, 0.2) is 0 Å². The highest BCUT2D eigenvalue weighted by molar-refractivity contribution is 7.18. The van der Waals surface area contributed by atoms with E-state index in [9.17, 15) is 14.4 Å². The monoisotopic (exact) mass is 380 g/mol. The van der Waals surface area contributed by atoms with Crippen molar-refractivity contribution in [2.45, 2.75) is 52.4 Å². The number of hydrogen-bond acceptors (Lipinski definition) is 5. The van der Waals surface area contributed by atoms with Gasteiger partial charge in [0.25, 0.3) is 5.91 Å². The molecular weight excluding hydrogens is 352 g/mol. The number of carbonyl (C=O) groups excluding carboxylic acids is 3. The third-order valence-electron chi connectivity index (χ3n) is 4.68. The normalized spacial score (nSPS) is 14.8. The van der Waals surface area contributed by atoms with Crippen LogP contribution in [0.3, 0.4) is 0 Å². The van der Waals surface area contributed by atoms with Gasteiger partial charge in [0.2, 0.25) is 5.91 Å². The minimum absolute atomic E-state index is 0.104. The summed E-state index contributed by atoms with van der Waals surface area (Å²) in [4.78, 5) is 39.2. The fourth-order valence-corrected chi connectivity index (χ4v) is 4.52. The van der Waals surface area contributed by atoms with Crippen LogP contribution in [0, 0.1) is 12.8 Å². The van der Waals surface area contributed by atoms with Crippen molar-refractivity contribution in [3.8, 4) is 0 Å². The van der Waals surface area contributed by atoms with E-state index >= 15 is 0 Å². The van der Waals surface area contributed by atoms with Crippen molar-refractivity contribution in [2.24, 2.45) is 5.92 Å². The lowest BCUT2D eigenvalue weighted by Crippen LogP contribution is -2.21. The third kappa shape index (κ3) is 4.84. The molecule has 6 nitrogen and oxygen atoms in total. The lowest BCUT2D eigenvalue weighted by atomic mass is 9.87. The second kappa shape index (κ2) is 9.16. The Morgan fingerprint density at radius 1 is 1.19 bits per heavy atom. The van der Waals surface area contributed by atoms with E-state index in [4.69, 9.17) is 4.74 Å². The summed E-state index contributed by atoms with van der Waals surface area (Å²) in [6.07, 6.45) is 6.19. The van der Waals surface area contributed by atoms with Crippen LogP contribution < -0.4 is 5.32 Å². The van der Waals surface area contributed by atoms with Gasteiger partial charge in [-0.15, -0.1) is 11.3 Å². The Hall–Kier alpha value is -1.89. The third-order valence-corrected chi connectivity index (χ3v) is 5.87. The van der Waals surface area contributed by atoms with E-state index < -0.39 is 5.97 Å². The second-order valence-electron chi connectivity index (χ2n) is 6.94. The zero-order chi connectivity index (χ0) is 19.3. The molecule has 1 aliphatic carbocycles. The average molecular weight is 381 g/mol. The van der Waals surface area contributed by atoms with E-state index in [1.165, 1.54) is 24.2 Å². The Balaban J connectivity index is 2.24. The molecule has 1 saturated carbocycles. The molecule has 1 aromatic heterocycles.